The van der Waals surface area contributed by atoms with Gasteiger partial charge in [-0.05, 0) is 74.1 Å². The molecule has 24 heavy (non-hydrogen) atoms. The third kappa shape index (κ3) is 2.77. The highest BCUT2D eigenvalue weighted by atomic mass is 19.1. The van der Waals surface area contributed by atoms with Crippen LogP contribution in [0.25, 0.3) is 0 Å². The standard InChI is InChI=1S/C20H20FNO2/c21-18-10-11-19(17-5-3-4-16(17)18)24-15-8-6-14(7-9-15)20(23)22-12-1-2-13-22/h6-11H,1-5,12-13H2. The smallest absolute Gasteiger partial charge is 0.253 e. The van der Waals surface area contributed by atoms with Gasteiger partial charge in [0.25, 0.3) is 5.91 Å². The van der Waals surface area contributed by atoms with Crippen molar-refractivity contribution in [3.05, 3.63) is 58.9 Å². The highest BCUT2D eigenvalue weighted by Crippen LogP contribution is 2.35. The number of hydrogen-bond acceptors (Lipinski definition) is 2. The van der Waals surface area contributed by atoms with Crippen LogP contribution >= 0.6 is 0 Å². The van der Waals surface area contributed by atoms with Crippen molar-refractivity contribution in [1.29, 1.82) is 0 Å². The third-order valence-electron chi connectivity index (χ3n) is 4.91. The van der Waals surface area contributed by atoms with Crippen LogP contribution in [0.4, 0.5) is 4.39 Å². The van der Waals surface area contributed by atoms with Gasteiger partial charge in [0, 0.05) is 24.2 Å². The minimum Gasteiger partial charge on any atom is -0.457 e. The van der Waals surface area contributed by atoms with Crippen molar-refractivity contribution in [3.63, 3.8) is 0 Å². The summed E-state index contributed by atoms with van der Waals surface area (Å²) in [6, 6.07) is 10.4. The summed E-state index contributed by atoms with van der Waals surface area (Å²) in [7, 11) is 0. The Labute approximate surface area is 141 Å². The average Bonchev–Trinajstić information content (AvgIpc) is 3.29. The van der Waals surface area contributed by atoms with Gasteiger partial charge in [0.15, 0.2) is 0 Å². The number of carbonyl (C=O) groups excluding carboxylic acids is 1. The van der Waals surface area contributed by atoms with E-state index in [1.165, 1.54) is 6.07 Å². The van der Waals surface area contributed by atoms with Crippen LogP contribution in [0.2, 0.25) is 0 Å². The molecule has 2 aromatic rings. The van der Waals surface area contributed by atoms with Gasteiger partial charge in [-0.25, -0.2) is 4.39 Å². The van der Waals surface area contributed by atoms with Crippen LogP contribution in [-0.4, -0.2) is 23.9 Å². The summed E-state index contributed by atoms with van der Waals surface area (Å²) in [5.41, 5.74) is 2.45. The van der Waals surface area contributed by atoms with Crippen LogP contribution in [0, 0.1) is 5.82 Å². The molecule has 0 aromatic heterocycles. The first-order valence-electron chi connectivity index (χ1n) is 8.60. The summed E-state index contributed by atoms with van der Waals surface area (Å²) in [6.45, 7) is 1.69. The van der Waals surface area contributed by atoms with Gasteiger partial charge in [-0.15, -0.1) is 0 Å². The maximum absolute atomic E-state index is 13.8. The number of rotatable bonds is 3. The Morgan fingerprint density at radius 3 is 2.38 bits per heavy atom. The van der Waals surface area contributed by atoms with E-state index >= 15 is 0 Å². The molecule has 1 amide bonds. The van der Waals surface area contributed by atoms with E-state index in [1.54, 1.807) is 18.2 Å². The first-order chi connectivity index (χ1) is 11.7. The molecule has 3 nitrogen and oxygen atoms in total. The summed E-state index contributed by atoms with van der Waals surface area (Å²) < 4.78 is 19.7. The predicted molar refractivity (Wildman–Crippen MR) is 90.1 cm³/mol. The van der Waals surface area contributed by atoms with Crippen LogP contribution < -0.4 is 4.74 Å². The Hall–Kier alpha value is -2.36. The van der Waals surface area contributed by atoms with Crippen LogP contribution in [0.15, 0.2) is 36.4 Å². The molecule has 0 spiro atoms. The predicted octanol–water partition coefficient (Wildman–Crippen LogP) is 4.34. The largest absolute Gasteiger partial charge is 0.457 e. The lowest BCUT2D eigenvalue weighted by molar-refractivity contribution is 0.0793. The lowest BCUT2D eigenvalue weighted by Gasteiger charge is -2.15. The number of carbonyl (C=O) groups is 1. The van der Waals surface area contributed by atoms with E-state index in [1.807, 2.05) is 17.0 Å². The number of likely N-dealkylation sites (tertiary alicyclic amines) is 1. The minimum atomic E-state index is -0.138. The first kappa shape index (κ1) is 15.2. The van der Waals surface area contributed by atoms with E-state index in [-0.39, 0.29) is 11.7 Å². The Balaban J connectivity index is 1.52. The first-order valence-corrected chi connectivity index (χ1v) is 8.60. The van der Waals surface area contributed by atoms with Gasteiger partial charge < -0.3 is 9.64 Å². The molecule has 1 fully saturated rings. The van der Waals surface area contributed by atoms with Gasteiger partial charge in [0.1, 0.15) is 17.3 Å². The number of hydrogen-bond donors (Lipinski definition) is 0. The fourth-order valence-corrected chi connectivity index (χ4v) is 3.62. The van der Waals surface area contributed by atoms with E-state index in [9.17, 15) is 9.18 Å². The second-order valence-corrected chi connectivity index (χ2v) is 6.48. The normalized spacial score (nSPS) is 16.3. The minimum absolute atomic E-state index is 0.0849. The number of benzene rings is 2. The Morgan fingerprint density at radius 2 is 1.62 bits per heavy atom. The van der Waals surface area contributed by atoms with Crippen molar-refractivity contribution in [2.75, 3.05) is 13.1 Å². The average molecular weight is 325 g/mol. The van der Waals surface area contributed by atoms with Gasteiger partial charge in [0.05, 0.1) is 0 Å². The van der Waals surface area contributed by atoms with Crippen LogP contribution in [0.3, 0.4) is 0 Å². The lowest BCUT2D eigenvalue weighted by atomic mass is 10.1. The summed E-state index contributed by atoms with van der Waals surface area (Å²) in [4.78, 5) is 14.2. The summed E-state index contributed by atoms with van der Waals surface area (Å²) in [5.74, 6) is 1.35. The van der Waals surface area contributed by atoms with Crippen molar-refractivity contribution in [2.24, 2.45) is 0 Å². The number of halogens is 1. The molecule has 4 heteroatoms. The molecule has 1 saturated heterocycles. The summed E-state index contributed by atoms with van der Waals surface area (Å²) >= 11 is 0. The summed E-state index contributed by atoms with van der Waals surface area (Å²) in [6.07, 6.45) is 4.77. The van der Waals surface area contributed by atoms with E-state index in [4.69, 9.17) is 4.74 Å². The molecule has 124 valence electrons. The topological polar surface area (TPSA) is 29.5 Å². The van der Waals surface area contributed by atoms with Crippen LogP contribution in [0.1, 0.15) is 40.7 Å². The zero-order chi connectivity index (χ0) is 16.5. The molecular weight excluding hydrogens is 305 g/mol. The van der Waals surface area contributed by atoms with E-state index in [2.05, 4.69) is 0 Å². The van der Waals surface area contributed by atoms with Crippen molar-refractivity contribution in [3.8, 4) is 11.5 Å². The molecule has 0 atom stereocenters. The molecule has 1 aliphatic heterocycles. The Bertz CT molecular complexity index is 764. The molecule has 2 aliphatic rings. The van der Waals surface area contributed by atoms with Gasteiger partial charge in [0.2, 0.25) is 0 Å². The molecule has 0 unspecified atom stereocenters. The maximum Gasteiger partial charge on any atom is 0.253 e. The van der Waals surface area contributed by atoms with Crippen molar-refractivity contribution in [2.45, 2.75) is 32.1 Å². The van der Waals surface area contributed by atoms with Gasteiger partial charge in [-0.2, -0.15) is 0 Å². The van der Waals surface area contributed by atoms with Crippen LogP contribution in [0.5, 0.6) is 11.5 Å². The molecule has 0 bridgehead atoms. The quantitative estimate of drug-likeness (QED) is 0.840. The van der Waals surface area contributed by atoms with Gasteiger partial charge in [-0.1, -0.05) is 0 Å². The van der Waals surface area contributed by atoms with E-state index in [0.29, 0.717) is 11.3 Å². The molecule has 1 aliphatic carbocycles. The van der Waals surface area contributed by atoms with Gasteiger partial charge in [-0.3, -0.25) is 4.79 Å². The van der Waals surface area contributed by atoms with Gasteiger partial charge >= 0.3 is 0 Å². The van der Waals surface area contributed by atoms with Crippen molar-refractivity contribution >= 4 is 5.91 Å². The Morgan fingerprint density at radius 1 is 0.917 bits per heavy atom. The van der Waals surface area contributed by atoms with Crippen LogP contribution in [-0.2, 0) is 12.8 Å². The van der Waals surface area contributed by atoms with Crippen molar-refractivity contribution in [1.82, 2.24) is 4.90 Å². The highest BCUT2D eigenvalue weighted by molar-refractivity contribution is 5.94. The van der Waals surface area contributed by atoms with Crippen molar-refractivity contribution < 1.29 is 13.9 Å². The fraction of sp³-hybridized carbons (Fsp3) is 0.350. The molecule has 0 radical (unpaired) electrons. The molecule has 1 heterocycles. The van der Waals surface area contributed by atoms with E-state index < -0.39 is 0 Å². The number of nitrogens with zero attached hydrogens (tertiary/aromatic N) is 1. The SMILES string of the molecule is O=C(c1ccc(Oc2ccc(F)c3c2CCC3)cc1)N1CCCC1. The number of amides is 1. The molecule has 2 aromatic carbocycles. The second kappa shape index (κ2) is 6.27. The summed E-state index contributed by atoms with van der Waals surface area (Å²) in [5, 5.41) is 0. The molecule has 4 rings (SSSR count). The second-order valence-electron chi connectivity index (χ2n) is 6.48. The lowest BCUT2D eigenvalue weighted by Crippen LogP contribution is -2.27. The number of ether oxygens (including phenoxy) is 1. The zero-order valence-electron chi connectivity index (χ0n) is 13.6. The maximum atomic E-state index is 13.8. The highest BCUT2D eigenvalue weighted by Gasteiger charge is 2.21. The monoisotopic (exact) mass is 325 g/mol. The Kier molecular flexibility index (Phi) is 3.97. The third-order valence-corrected chi connectivity index (χ3v) is 4.91. The number of fused-ring (bicyclic) bond motifs is 1. The zero-order valence-corrected chi connectivity index (χ0v) is 13.6. The molecule has 0 saturated carbocycles. The molecule has 0 N–H and O–H groups in total. The fourth-order valence-electron chi connectivity index (χ4n) is 3.62. The molecular formula is C20H20FNO2. The van der Waals surface area contributed by atoms with E-state index in [0.717, 1.165) is 62.1 Å².